The highest BCUT2D eigenvalue weighted by atomic mass is 16.5. The Bertz CT molecular complexity index is 1730. The maximum Gasteiger partial charge on any atom is 0.270 e. The van der Waals surface area contributed by atoms with E-state index in [1.807, 2.05) is 103 Å². The Morgan fingerprint density at radius 2 is 1.48 bits per heavy atom. The SMILES string of the molecule is N#Cc1c(-c2ccccc2)nc(NN=Cc2cccc(OCCOc3ccc(OCc4ccccc4)cc3)c2)[nH]c1=O. The van der Waals surface area contributed by atoms with E-state index in [4.69, 9.17) is 14.2 Å². The van der Waals surface area contributed by atoms with E-state index in [-0.39, 0.29) is 17.2 Å². The minimum Gasteiger partial charge on any atom is -0.490 e. The number of anilines is 1. The van der Waals surface area contributed by atoms with Crippen LogP contribution in [0.3, 0.4) is 0 Å². The topological polar surface area (TPSA) is 122 Å². The van der Waals surface area contributed by atoms with Crippen LogP contribution in [0.5, 0.6) is 17.2 Å². The van der Waals surface area contributed by atoms with Crippen molar-refractivity contribution in [2.75, 3.05) is 18.6 Å². The average Bonchev–Trinajstić information content (AvgIpc) is 3.03. The van der Waals surface area contributed by atoms with Crippen molar-refractivity contribution in [3.63, 3.8) is 0 Å². The largest absolute Gasteiger partial charge is 0.490 e. The molecule has 5 aromatic rings. The molecule has 208 valence electrons. The van der Waals surface area contributed by atoms with Crippen molar-refractivity contribution in [1.29, 1.82) is 5.26 Å². The number of hydrazone groups is 1. The lowest BCUT2D eigenvalue weighted by Crippen LogP contribution is -2.16. The van der Waals surface area contributed by atoms with E-state index < -0.39 is 5.56 Å². The van der Waals surface area contributed by atoms with Gasteiger partial charge in [0.25, 0.3) is 5.56 Å². The van der Waals surface area contributed by atoms with E-state index >= 15 is 0 Å². The van der Waals surface area contributed by atoms with Crippen LogP contribution in [0.1, 0.15) is 16.7 Å². The zero-order valence-electron chi connectivity index (χ0n) is 22.6. The van der Waals surface area contributed by atoms with Crippen LogP contribution in [-0.2, 0) is 6.61 Å². The molecule has 0 spiro atoms. The number of hydrogen-bond acceptors (Lipinski definition) is 8. The summed E-state index contributed by atoms with van der Waals surface area (Å²) in [5.74, 6) is 2.27. The van der Waals surface area contributed by atoms with Crippen LogP contribution in [0, 0.1) is 11.3 Å². The third-order valence-corrected chi connectivity index (χ3v) is 6.01. The number of rotatable bonds is 12. The Morgan fingerprint density at radius 3 is 2.19 bits per heavy atom. The number of hydrogen-bond donors (Lipinski definition) is 2. The molecule has 5 rings (SSSR count). The smallest absolute Gasteiger partial charge is 0.270 e. The number of ether oxygens (including phenoxy) is 3. The highest BCUT2D eigenvalue weighted by Gasteiger charge is 2.12. The Hall–Kier alpha value is -5.88. The molecule has 1 aromatic heterocycles. The summed E-state index contributed by atoms with van der Waals surface area (Å²) in [7, 11) is 0. The predicted octanol–water partition coefficient (Wildman–Crippen LogP) is 5.79. The van der Waals surface area contributed by atoms with Gasteiger partial charge in [0.15, 0.2) is 0 Å². The number of nitrogens with zero attached hydrogens (tertiary/aromatic N) is 3. The van der Waals surface area contributed by atoms with Gasteiger partial charge in [0.2, 0.25) is 5.95 Å². The highest BCUT2D eigenvalue weighted by molar-refractivity contribution is 5.80. The van der Waals surface area contributed by atoms with Gasteiger partial charge in [-0.3, -0.25) is 9.78 Å². The molecular weight excluding hydrogens is 530 g/mol. The van der Waals surface area contributed by atoms with Crippen molar-refractivity contribution < 1.29 is 14.2 Å². The number of benzene rings is 4. The molecule has 0 saturated heterocycles. The molecule has 0 saturated carbocycles. The van der Waals surface area contributed by atoms with Crippen molar-refractivity contribution in [1.82, 2.24) is 9.97 Å². The molecule has 42 heavy (non-hydrogen) atoms. The van der Waals surface area contributed by atoms with Gasteiger partial charge in [-0.2, -0.15) is 10.4 Å². The fourth-order valence-corrected chi connectivity index (χ4v) is 3.98. The number of aromatic nitrogens is 2. The van der Waals surface area contributed by atoms with Crippen LogP contribution in [0.4, 0.5) is 5.95 Å². The molecule has 2 N–H and O–H groups in total. The van der Waals surface area contributed by atoms with Crippen LogP contribution in [0.2, 0.25) is 0 Å². The summed E-state index contributed by atoms with van der Waals surface area (Å²) in [5.41, 5.74) is 4.94. The average molecular weight is 558 g/mol. The van der Waals surface area contributed by atoms with Crippen LogP contribution in [-0.4, -0.2) is 29.4 Å². The van der Waals surface area contributed by atoms with Crippen LogP contribution in [0.25, 0.3) is 11.3 Å². The van der Waals surface area contributed by atoms with Crippen LogP contribution in [0.15, 0.2) is 119 Å². The Labute approximate surface area is 242 Å². The molecule has 0 amide bonds. The fourth-order valence-electron chi connectivity index (χ4n) is 3.98. The normalized spacial score (nSPS) is 10.6. The molecule has 0 fully saturated rings. The summed E-state index contributed by atoms with van der Waals surface area (Å²) in [4.78, 5) is 19.3. The van der Waals surface area contributed by atoms with E-state index in [0.717, 1.165) is 22.6 Å². The number of aromatic amines is 1. The predicted molar refractivity (Wildman–Crippen MR) is 161 cm³/mol. The number of nitriles is 1. The summed E-state index contributed by atoms with van der Waals surface area (Å²) in [5, 5.41) is 13.6. The molecule has 1 heterocycles. The summed E-state index contributed by atoms with van der Waals surface area (Å²) in [6.07, 6.45) is 1.57. The quantitative estimate of drug-likeness (QED) is 0.113. The monoisotopic (exact) mass is 557 g/mol. The van der Waals surface area contributed by atoms with Gasteiger partial charge in [-0.15, -0.1) is 0 Å². The fraction of sp³-hybridized carbons (Fsp3) is 0.0909. The number of H-pyrrole nitrogens is 1. The standard InChI is InChI=1S/C33H27N5O4/c34-21-30-31(26-11-5-2-6-12-26)36-33(37-32(30)39)38-35-22-25-10-7-13-29(20-25)41-19-18-40-27-14-16-28(17-15-27)42-23-24-8-3-1-4-9-24/h1-17,20,22H,18-19,23H2,(H2,36,37,38,39). The molecule has 0 aliphatic carbocycles. The molecule has 0 aliphatic heterocycles. The second kappa shape index (κ2) is 14.0. The number of nitrogens with one attached hydrogen (secondary N) is 2. The van der Waals surface area contributed by atoms with Crippen LogP contribution >= 0.6 is 0 Å². The van der Waals surface area contributed by atoms with Crippen molar-refractivity contribution in [2.24, 2.45) is 5.10 Å². The van der Waals surface area contributed by atoms with Crippen molar-refractivity contribution in [3.05, 3.63) is 136 Å². The molecule has 0 aliphatic rings. The van der Waals surface area contributed by atoms with Gasteiger partial charge < -0.3 is 14.2 Å². The molecule has 0 atom stereocenters. The van der Waals surface area contributed by atoms with Gasteiger partial charge in [-0.25, -0.2) is 10.4 Å². The Morgan fingerprint density at radius 1 is 0.810 bits per heavy atom. The lowest BCUT2D eigenvalue weighted by molar-refractivity contribution is 0.217. The second-order valence-electron chi connectivity index (χ2n) is 9.00. The molecule has 0 unspecified atom stereocenters. The maximum atomic E-state index is 12.4. The minimum absolute atomic E-state index is 0.0607. The maximum absolute atomic E-state index is 12.4. The molecule has 9 nitrogen and oxygen atoms in total. The van der Waals surface area contributed by atoms with Gasteiger partial charge in [0.1, 0.15) is 48.7 Å². The van der Waals surface area contributed by atoms with Gasteiger partial charge in [0, 0.05) is 5.56 Å². The van der Waals surface area contributed by atoms with Gasteiger partial charge in [0.05, 0.1) is 11.9 Å². The lowest BCUT2D eigenvalue weighted by Gasteiger charge is -2.10. The zero-order valence-corrected chi connectivity index (χ0v) is 22.6. The summed E-state index contributed by atoms with van der Waals surface area (Å²) in [6, 6.07) is 35.8. The first-order valence-electron chi connectivity index (χ1n) is 13.2. The highest BCUT2D eigenvalue weighted by Crippen LogP contribution is 2.20. The summed E-state index contributed by atoms with van der Waals surface area (Å²) < 4.78 is 17.4. The van der Waals surface area contributed by atoms with Crippen LogP contribution < -0.4 is 25.2 Å². The van der Waals surface area contributed by atoms with Crippen molar-refractivity contribution in [2.45, 2.75) is 6.61 Å². The third-order valence-electron chi connectivity index (χ3n) is 6.01. The molecular formula is C33H27N5O4. The van der Waals surface area contributed by atoms with Crippen molar-refractivity contribution >= 4 is 12.2 Å². The first-order chi connectivity index (χ1) is 20.7. The summed E-state index contributed by atoms with van der Waals surface area (Å²) in [6.45, 7) is 1.23. The zero-order chi connectivity index (χ0) is 29.0. The van der Waals surface area contributed by atoms with E-state index in [1.54, 1.807) is 18.3 Å². The first kappa shape index (κ1) is 27.7. The minimum atomic E-state index is -0.547. The molecule has 0 radical (unpaired) electrons. The Kier molecular flexibility index (Phi) is 9.20. The molecule has 4 aromatic carbocycles. The van der Waals surface area contributed by atoms with E-state index in [2.05, 4.69) is 20.5 Å². The lowest BCUT2D eigenvalue weighted by atomic mass is 10.1. The summed E-state index contributed by atoms with van der Waals surface area (Å²) >= 11 is 0. The van der Waals surface area contributed by atoms with Crippen molar-refractivity contribution in [3.8, 4) is 34.6 Å². The van der Waals surface area contributed by atoms with Gasteiger partial charge in [-0.1, -0.05) is 72.8 Å². The van der Waals surface area contributed by atoms with Gasteiger partial charge in [-0.05, 0) is 47.5 Å². The van der Waals surface area contributed by atoms with E-state index in [0.29, 0.717) is 31.1 Å². The van der Waals surface area contributed by atoms with Gasteiger partial charge >= 0.3 is 0 Å². The third kappa shape index (κ3) is 7.61. The second-order valence-corrected chi connectivity index (χ2v) is 9.00. The Balaban J connectivity index is 1.10. The first-order valence-corrected chi connectivity index (χ1v) is 13.2. The molecule has 0 bridgehead atoms. The van der Waals surface area contributed by atoms with E-state index in [9.17, 15) is 10.1 Å². The molecule has 9 heteroatoms. The van der Waals surface area contributed by atoms with E-state index in [1.165, 1.54) is 0 Å².